The third kappa shape index (κ3) is 1.91. The summed E-state index contributed by atoms with van der Waals surface area (Å²) in [6, 6.07) is 25.5. The number of hydrogen-bond acceptors (Lipinski definition) is 1. The minimum atomic E-state index is -2.28. The summed E-state index contributed by atoms with van der Waals surface area (Å²) in [7, 11) is 0. The van der Waals surface area contributed by atoms with E-state index in [2.05, 4.69) is 94.7 Å². The standard InChI is InChI=1S/C22H23Ge2N/c1-23(2)16-10-5-7-14-20(16)25-21-15-8-6-11-17(21)24(3,4)19-13-9-12-18(23)22(19)25/h5-15H,1-4H3. The van der Waals surface area contributed by atoms with Crippen molar-refractivity contribution in [2.24, 2.45) is 0 Å². The van der Waals surface area contributed by atoms with E-state index in [1.54, 1.807) is 23.3 Å². The second-order valence-corrected chi connectivity index (χ2v) is 26.5. The van der Waals surface area contributed by atoms with Crippen LogP contribution in [0.15, 0.2) is 66.7 Å². The van der Waals surface area contributed by atoms with Gasteiger partial charge in [0, 0.05) is 0 Å². The van der Waals surface area contributed by atoms with Crippen molar-refractivity contribution in [1.29, 1.82) is 0 Å². The van der Waals surface area contributed by atoms with Gasteiger partial charge in [-0.05, 0) is 0 Å². The quantitative estimate of drug-likeness (QED) is 0.478. The van der Waals surface area contributed by atoms with Gasteiger partial charge in [-0.25, -0.2) is 0 Å². The van der Waals surface area contributed by atoms with Gasteiger partial charge >= 0.3 is 156 Å². The number of hydrogen-bond donors (Lipinski definition) is 0. The summed E-state index contributed by atoms with van der Waals surface area (Å²) >= 11 is -4.57. The number of anilines is 3. The van der Waals surface area contributed by atoms with E-state index in [0.29, 0.717) is 0 Å². The maximum atomic E-state index is 2.59. The molecule has 0 aromatic heterocycles. The molecular formula is C22H23Ge2N. The summed E-state index contributed by atoms with van der Waals surface area (Å²) in [5, 5.41) is 0. The molecule has 0 bridgehead atoms. The Morgan fingerprint density at radius 1 is 0.520 bits per heavy atom. The van der Waals surface area contributed by atoms with E-state index >= 15 is 0 Å². The van der Waals surface area contributed by atoms with Gasteiger partial charge in [0.2, 0.25) is 0 Å². The molecule has 124 valence electrons. The summed E-state index contributed by atoms with van der Waals surface area (Å²) in [6.45, 7) is 0. The molecule has 1 nitrogen and oxygen atoms in total. The molecule has 0 atom stereocenters. The zero-order valence-electron chi connectivity index (χ0n) is 15.3. The summed E-state index contributed by atoms with van der Waals surface area (Å²) in [5.74, 6) is 10.2. The SMILES string of the molecule is [CH3][Ge]1([CH3])[c]2ccccc2N2c3cccc[c]3[Ge]([CH3])([CH3])[c]3ccc[c]1c32. The molecule has 2 heterocycles. The average Bonchev–Trinajstić information content (AvgIpc) is 2.61. The summed E-state index contributed by atoms with van der Waals surface area (Å²) in [6.07, 6.45) is 0. The van der Waals surface area contributed by atoms with E-state index in [4.69, 9.17) is 0 Å². The molecule has 3 heteroatoms. The van der Waals surface area contributed by atoms with Gasteiger partial charge in [0.05, 0.1) is 0 Å². The van der Waals surface area contributed by atoms with Gasteiger partial charge in [-0.3, -0.25) is 0 Å². The van der Waals surface area contributed by atoms with Gasteiger partial charge in [0.1, 0.15) is 0 Å². The first-order valence-corrected chi connectivity index (χ1v) is 21.7. The summed E-state index contributed by atoms with van der Waals surface area (Å²) in [4.78, 5) is 2.59. The van der Waals surface area contributed by atoms with Gasteiger partial charge < -0.3 is 0 Å². The third-order valence-corrected chi connectivity index (χ3v) is 21.0. The van der Waals surface area contributed by atoms with E-state index in [1.165, 1.54) is 11.4 Å². The average molecular weight is 447 g/mol. The van der Waals surface area contributed by atoms with Crippen LogP contribution in [0.2, 0.25) is 23.0 Å². The first-order valence-electron chi connectivity index (χ1n) is 9.07. The molecule has 2 aliphatic heterocycles. The fraction of sp³-hybridized carbons (Fsp3) is 0.182. The number of benzene rings is 3. The Hall–Kier alpha value is -1.45. The Morgan fingerprint density at radius 2 is 0.920 bits per heavy atom. The van der Waals surface area contributed by atoms with Gasteiger partial charge in [-0.15, -0.1) is 0 Å². The van der Waals surface area contributed by atoms with Crippen molar-refractivity contribution in [2.45, 2.75) is 23.0 Å². The molecular weight excluding hydrogens is 423 g/mol. The number of para-hydroxylation sites is 3. The molecule has 0 spiro atoms. The Kier molecular flexibility index (Phi) is 3.18. The van der Waals surface area contributed by atoms with E-state index in [9.17, 15) is 0 Å². The molecule has 0 radical (unpaired) electrons. The summed E-state index contributed by atoms with van der Waals surface area (Å²) < 4.78 is 6.53. The van der Waals surface area contributed by atoms with Crippen LogP contribution in [0.1, 0.15) is 0 Å². The van der Waals surface area contributed by atoms with Crippen molar-refractivity contribution in [3.05, 3.63) is 66.7 Å². The van der Waals surface area contributed by atoms with Crippen molar-refractivity contribution in [1.82, 2.24) is 0 Å². The van der Waals surface area contributed by atoms with Crippen molar-refractivity contribution in [3.63, 3.8) is 0 Å². The predicted molar refractivity (Wildman–Crippen MR) is 115 cm³/mol. The molecule has 25 heavy (non-hydrogen) atoms. The van der Waals surface area contributed by atoms with Gasteiger partial charge in [-0.2, -0.15) is 0 Å². The van der Waals surface area contributed by atoms with Crippen LogP contribution in [-0.4, -0.2) is 26.5 Å². The fourth-order valence-electron chi connectivity index (χ4n) is 4.85. The van der Waals surface area contributed by atoms with Gasteiger partial charge in [0.25, 0.3) is 0 Å². The van der Waals surface area contributed by atoms with Crippen LogP contribution in [0.4, 0.5) is 17.1 Å². The number of fused-ring (bicyclic) bond motifs is 4. The Balaban J connectivity index is 1.97. The van der Waals surface area contributed by atoms with Crippen molar-refractivity contribution in [2.75, 3.05) is 4.90 Å². The van der Waals surface area contributed by atoms with Crippen LogP contribution in [-0.2, 0) is 0 Å². The number of rotatable bonds is 0. The molecule has 0 N–H and O–H groups in total. The first-order chi connectivity index (χ1) is 11.9. The normalized spacial score (nSPS) is 18.2. The maximum absolute atomic E-state index is 2.59. The van der Waals surface area contributed by atoms with Crippen molar-refractivity contribution >= 4 is 61.2 Å². The van der Waals surface area contributed by atoms with Crippen LogP contribution in [0.5, 0.6) is 0 Å². The summed E-state index contributed by atoms with van der Waals surface area (Å²) in [5.41, 5.74) is 4.41. The van der Waals surface area contributed by atoms with Gasteiger partial charge in [-0.1, -0.05) is 0 Å². The number of nitrogens with zero attached hydrogens (tertiary/aromatic N) is 1. The van der Waals surface area contributed by atoms with Gasteiger partial charge in [0.15, 0.2) is 0 Å². The molecule has 0 saturated carbocycles. The van der Waals surface area contributed by atoms with Crippen LogP contribution in [0.3, 0.4) is 0 Å². The molecule has 0 unspecified atom stereocenters. The zero-order chi connectivity index (χ0) is 17.4. The Bertz CT molecular complexity index is 942. The first kappa shape index (κ1) is 15.8. The van der Waals surface area contributed by atoms with E-state index in [1.807, 2.05) is 0 Å². The monoisotopic (exact) mass is 449 g/mol. The second-order valence-electron chi connectivity index (χ2n) is 8.32. The molecule has 0 saturated heterocycles. The Labute approximate surface area is 155 Å². The zero-order valence-corrected chi connectivity index (χ0v) is 19.5. The van der Waals surface area contributed by atoms with Crippen molar-refractivity contribution < 1.29 is 0 Å². The van der Waals surface area contributed by atoms with Crippen LogP contribution >= 0.6 is 0 Å². The minimum absolute atomic E-state index is 1.43. The van der Waals surface area contributed by atoms with Crippen LogP contribution in [0, 0.1) is 0 Å². The molecule has 5 rings (SSSR count). The molecule has 3 aromatic carbocycles. The molecule has 0 amide bonds. The molecule has 3 aromatic rings. The Morgan fingerprint density at radius 3 is 1.40 bits per heavy atom. The van der Waals surface area contributed by atoms with E-state index in [0.717, 1.165) is 0 Å². The van der Waals surface area contributed by atoms with Crippen molar-refractivity contribution in [3.8, 4) is 0 Å². The second kappa shape index (κ2) is 5.05. The van der Waals surface area contributed by atoms with E-state index in [-0.39, 0.29) is 0 Å². The van der Waals surface area contributed by atoms with Crippen LogP contribution < -0.4 is 22.5 Å². The third-order valence-electron chi connectivity index (χ3n) is 6.24. The topological polar surface area (TPSA) is 3.24 Å². The van der Waals surface area contributed by atoms with Crippen LogP contribution in [0.25, 0.3) is 0 Å². The molecule has 0 aliphatic carbocycles. The predicted octanol–water partition coefficient (Wildman–Crippen LogP) is 3.43. The molecule has 2 aliphatic rings. The fourth-order valence-corrected chi connectivity index (χ4v) is 17.9. The van der Waals surface area contributed by atoms with E-state index < -0.39 is 26.5 Å². The molecule has 0 fully saturated rings.